The zero-order valence-electron chi connectivity index (χ0n) is 20.4. The number of aryl methyl sites for hydroxylation is 1. The molecule has 1 aliphatic carbocycles. The van der Waals surface area contributed by atoms with Crippen LogP contribution in [-0.2, 0) is 24.2 Å². The van der Waals surface area contributed by atoms with Gasteiger partial charge in [0, 0.05) is 48.0 Å². The van der Waals surface area contributed by atoms with E-state index >= 15 is 0 Å². The molecule has 0 saturated carbocycles. The highest BCUT2D eigenvalue weighted by Gasteiger charge is 2.28. The third-order valence-electron chi connectivity index (χ3n) is 6.76. The number of carboxylic acids is 1. The largest absolute Gasteiger partial charge is 0.481 e. The number of hydrogen-bond acceptors (Lipinski definition) is 3. The maximum Gasteiger partial charge on any atom is 0.303 e. The van der Waals surface area contributed by atoms with E-state index in [1.54, 1.807) is 36.2 Å². The highest BCUT2D eigenvalue weighted by Crippen LogP contribution is 2.41. The lowest BCUT2D eigenvalue weighted by molar-refractivity contribution is -0.137. The van der Waals surface area contributed by atoms with Crippen molar-refractivity contribution in [3.05, 3.63) is 99.3 Å². The molecule has 1 heterocycles. The zero-order valence-corrected chi connectivity index (χ0v) is 21.2. The molecule has 4 aromatic rings. The molecule has 1 aromatic heterocycles. The first-order chi connectivity index (χ1) is 17.8. The average molecular weight is 517 g/mol. The quantitative estimate of drug-likeness (QED) is 0.222. The van der Waals surface area contributed by atoms with E-state index in [4.69, 9.17) is 21.7 Å². The number of hydrogen-bond donors (Lipinski definition) is 1. The van der Waals surface area contributed by atoms with E-state index in [9.17, 15) is 14.0 Å². The van der Waals surface area contributed by atoms with Crippen LogP contribution in [-0.4, -0.2) is 33.9 Å². The first kappa shape index (κ1) is 24.9. The van der Waals surface area contributed by atoms with Crippen LogP contribution in [0.5, 0.6) is 0 Å². The van der Waals surface area contributed by atoms with Gasteiger partial charge in [0.05, 0.1) is 11.2 Å². The van der Waals surface area contributed by atoms with Crippen molar-refractivity contribution in [1.82, 2.24) is 9.88 Å². The van der Waals surface area contributed by atoms with Crippen molar-refractivity contribution in [2.24, 2.45) is 0 Å². The van der Waals surface area contributed by atoms with Gasteiger partial charge in [0.2, 0.25) is 0 Å². The lowest BCUT2D eigenvalue weighted by Crippen LogP contribution is -2.26. The van der Waals surface area contributed by atoms with Crippen molar-refractivity contribution in [2.45, 2.75) is 38.6 Å². The van der Waals surface area contributed by atoms with Crippen molar-refractivity contribution in [1.29, 1.82) is 0 Å². The minimum absolute atomic E-state index is 0.104. The van der Waals surface area contributed by atoms with Gasteiger partial charge in [0.15, 0.2) is 0 Å². The number of carbonyl (C=O) groups is 2. The Kier molecular flexibility index (Phi) is 6.94. The molecular weight excluding hydrogens is 491 g/mol. The molecule has 188 valence electrons. The lowest BCUT2D eigenvalue weighted by atomic mass is 9.97. The van der Waals surface area contributed by atoms with E-state index in [-0.39, 0.29) is 18.1 Å². The van der Waals surface area contributed by atoms with E-state index in [2.05, 4.69) is 0 Å². The third kappa shape index (κ3) is 5.49. The molecule has 7 heteroatoms. The molecule has 5 nitrogen and oxygen atoms in total. The summed E-state index contributed by atoms with van der Waals surface area (Å²) < 4.78 is 14.0. The Bertz CT molecular complexity index is 1520. The molecule has 1 amide bonds. The Hall–Kier alpha value is -3.77. The summed E-state index contributed by atoms with van der Waals surface area (Å²) in [6.45, 7) is 0.454. The summed E-state index contributed by atoms with van der Waals surface area (Å²) in [6.07, 6.45) is 2.63. The van der Waals surface area contributed by atoms with Gasteiger partial charge in [-0.3, -0.25) is 9.59 Å². The van der Waals surface area contributed by atoms with Crippen LogP contribution >= 0.6 is 11.6 Å². The number of carbonyl (C=O) groups excluding carboxylic acids is 1. The SMILES string of the molecule is CN(Cc1ccc(Cl)cc1)C(=O)c1ccc2nc(-c3ccc(F)c4c3C4)c(CCCCC(=O)O)cc2c1. The summed E-state index contributed by atoms with van der Waals surface area (Å²) in [5.41, 5.74) is 6.71. The van der Waals surface area contributed by atoms with Crippen molar-refractivity contribution < 1.29 is 19.1 Å². The van der Waals surface area contributed by atoms with Gasteiger partial charge in [-0.15, -0.1) is 0 Å². The first-order valence-electron chi connectivity index (χ1n) is 12.3. The number of fused-ring (bicyclic) bond motifs is 2. The highest BCUT2D eigenvalue weighted by atomic mass is 35.5. The molecule has 0 atom stereocenters. The Morgan fingerprint density at radius 1 is 1.03 bits per heavy atom. The van der Waals surface area contributed by atoms with Gasteiger partial charge in [-0.25, -0.2) is 9.37 Å². The zero-order chi connectivity index (χ0) is 26.1. The Balaban J connectivity index is 1.45. The normalized spacial score (nSPS) is 11.9. The molecular formula is C30H26ClFN2O3. The van der Waals surface area contributed by atoms with Crippen LogP contribution in [0.15, 0.2) is 60.7 Å². The number of aromatic nitrogens is 1. The van der Waals surface area contributed by atoms with Crippen LogP contribution < -0.4 is 0 Å². The van der Waals surface area contributed by atoms with E-state index in [1.807, 2.05) is 30.3 Å². The molecule has 1 N–H and O–H groups in total. The molecule has 0 unspecified atom stereocenters. The van der Waals surface area contributed by atoms with Gasteiger partial charge in [-0.1, -0.05) is 23.7 Å². The summed E-state index contributed by atoms with van der Waals surface area (Å²) in [5.74, 6) is -1.10. The fourth-order valence-electron chi connectivity index (χ4n) is 4.72. The molecule has 37 heavy (non-hydrogen) atoms. The maximum absolute atomic E-state index is 14.0. The Labute approximate surface area is 219 Å². The molecule has 0 bridgehead atoms. The number of carboxylic acid groups (broad SMARTS) is 1. The minimum atomic E-state index is -0.814. The van der Waals surface area contributed by atoms with Gasteiger partial charge in [-0.2, -0.15) is 0 Å². The number of pyridine rings is 1. The van der Waals surface area contributed by atoms with Gasteiger partial charge in [-0.05, 0) is 90.0 Å². The number of unbranched alkanes of at least 4 members (excludes halogenated alkanes) is 1. The molecule has 0 aliphatic heterocycles. The smallest absolute Gasteiger partial charge is 0.303 e. The van der Waals surface area contributed by atoms with Crippen LogP contribution in [0, 0.1) is 5.82 Å². The number of aliphatic carboxylic acids is 1. The van der Waals surface area contributed by atoms with E-state index in [1.165, 1.54) is 6.07 Å². The number of rotatable bonds is 9. The number of amides is 1. The minimum Gasteiger partial charge on any atom is -0.481 e. The standard InChI is InChI=1S/C30H26ClFN2O3/c1-34(17-18-6-9-22(31)10-7-18)30(37)20-8-13-27-21(15-20)14-19(4-2-3-5-28(35)36)29(33-27)23-11-12-26(32)25-16-24(23)25/h6-15H,2-5,16-17H2,1H3,(H,35,36). The molecule has 0 spiro atoms. The molecule has 1 aliphatic rings. The predicted octanol–water partition coefficient (Wildman–Crippen LogP) is 6.67. The summed E-state index contributed by atoms with van der Waals surface area (Å²) >= 11 is 5.97. The van der Waals surface area contributed by atoms with Crippen LogP contribution in [0.25, 0.3) is 22.2 Å². The first-order valence-corrected chi connectivity index (χ1v) is 12.6. The second-order valence-electron chi connectivity index (χ2n) is 9.52. The molecule has 0 fully saturated rings. The summed E-state index contributed by atoms with van der Waals surface area (Å²) in [5, 5.41) is 10.5. The van der Waals surface area contributed by atoms with E-state index < -0.39 is 5.97 Å². The molecule has 3 aromatic carbocycles. The third-order valence-corrected chi connectivity index (χ3v) is 7.02. The van der Waals surface area contributed by atoms with Gasteiger partial charge in [0.1, 0.15) is 5.82 Å². The summed E-state index contributed by atoms with van der Waals surface area (Å²) in [4.78, 5) is 30.7. The van der Waals surface area contributed by atoms with E-state index in [0.29, 0.717) is 42.8 Å². The fraction of sp³-hybridized carbons (Fsp3) is 0.233. The summed E-state index contributed by atoms with van der Waals surface area (Å²) in [6, 6.07) is 18.2. The summed E-state index contributed by atoms with van der Waals surface area (Å²) in [7, 11) is 1.76. The number of halogens is 2. The second kappa shape index (κ2) is 10.3. The van der Waals surface area contributed by atoms with Gasteiger partial charge >= 0.3 is 5.97 Å². The van der Waals surface area contributed by atoms with Crippen LogP contribution in [0.2, 0.25) is 5.02 Å². The van der Waals surface area contributed by atoms with Crippen molar-refractivity contribution in [3.63, 3.8) is 0 Å². The van der Waals surface area contributed by atoms with Crippen molar-refractivity contribution >= 4 is 34.4 Å². The predicted molar refractivity (Wildman–Crippen MR) is 142 cm³/mol. The number of benzene rings is 3. The molecule has 5 rings (SSSR count). The maximum atomic E-state index is 14.0. The van der Waals surface area contributed by atoms with Crippen LogP contribution in [0.4, 0.5) is 4.39 Å². The fourth-order valence-corrected chi connectivity index (χ4v) is 4.85. The average Bonchev–Trinajstić information content (AvgIpc) is 3.69. The van der Waals surface area contributed by atoms with Crippen molar-refractivity contribution in [3.8, 4) is 11.3 Å². The van der Waals surface area contributed by atoms with Gasteiger partial charge < -0.3 is 10.0 Å². The van der Waals surface area contributed by atoms with Crippen LogP contribution in [0.1, 0.15) is 51.9 Å². The topological polar surface area (TPSA) is 70.5 Å². The van der Waals surface area contributed by atoms with E-state index in [0.717, 1.165) is 44.4 Å². The van der Waals surface area contributed by atoms with Crippen LogP contribution in [0.3, 0.4) is 0 Å². The second-order valence-corrected chi connectivity index (χ2v) is 9.96. The Morgan fingerprint density at radius 2 is 1.81 bits per heavy atom. The number of nitrogens with zero attached hydrogens (tertiary/aromatic N) is 2. The highest BCUT2D eigenvalue weighted by molar-refractivity contribution is 6.30. The lowest BCUT2D eigenvalue weighted by Gasteiger charge is -2.18. The molecule has 0 radical (unpaired) electrons. The monoisotopic (exact) mass is 516 g/mol. The van der Waals surface area contributed by atoms with Gasteiger partial charge in [0.25, 0.3) is 5.91 Å². The Morgan fingerprint density at radius 3 is 2.57 bits per heavy atom. The molecule has 0 saturated heterocycles. The van der Waals surface area contributed by atoms with Crippen molar-refractivity contribution in [2.75, 3.05) is 7.05 Å².